The first kappa shape index (κ1) is 27.6. The predicted molar refractivity (Wildman–Crippen MR) is 156 cm³/mol. The molecule has 212 valence electrons. The SMILES string of the molecule is CCOc1cc(C(=O)Nc2cc(C)nn2-c2ncnc3c2cnn3-c2ccc(C)cc2C)cc(OCC)c1OCC. The van der Waals surface area contributed by atoms with Crippen molar-refractivity contribution in [3.63, 3.8) is 0 Å². The van der Waals surface area contributed by atoms with Crippen molar-refractivity contribution in [2.45, 2.75) is 41.5 Å². The molecule has 0 aliphatic rings. The van der Waals surface area contributed by atoms with Crippen LogP contribution in [-0.2, 0) is 0 Å². The van der Waals surface area contributed by atoms with E-state index in [2.05, 4.69) is 38.5 Å². The molecule has 11 heteroatoms. The summed E-state index contributed by atoms with van der Waals surface area (Å²) in [7, 11) is 0. The van der Waals surface area contributed by atoms with Crippen LogP contribution in [0.15, 0.2) is 48.9 Å². The molecule has 2 aromatic carbocycles. The van der Waals surface area contributed by atoms with Crippen LogP contribution in [0.3, 0.4) is 0 Å². The van der Waals surface area contributed by atoms with Crippen LogP contribution in [0.4, 0.5) is 5.82 Å². The van der Waals surface area contributed by atoms with Crippen LogP contribution in [-0.4, -0.2) is 55.3 Å². The van der Waals surface area contributed by atoms with E-state index in [4.69, 9.17) is 14.2 Å². The Morgan fingerprint density at radius 2 is 1.59 bits per heavy atom. The number of carbonyl (C=O) groups is 1. The van der Waals surface area contributed by atoms with Crippen molar-refractivity contribution in [2.75, 3.05) is 25.1 Å². The second-order valence-electron chi connectivity index (χ2n) is 9.42. The van der Waals surface area contributed by atoms with E-state index in [1.54, 1.807) is 33.8 Å². The zero-order valence-corrected chi connectivity index (χ0v) is 24.1. The van der Waals surface area contributed by atoms with E-state index in [9.17, 15) is 4.79 Å². The summed E-state index contributed by atoms with van der Waals surface area (Å²) < 4.78 is 20.7. The number of aryl methyl sites for hydroxylation is 3. The first-order valence-corrected chi connectivity index (χ1v) is 13.6. The van der Waals surface area contributed by atoms with Crippen LogP contribution >= 0.6 is 0 Å². The molecule has 1 N–H and O–H groups in total. The lowest BCUT2D eigenvalue weighted by Gasteiger charge is -2.17. The fourth-order valence-corrected chi connectivity index (χ4v) is 4.68. The monoisotopic (exact) mass is 555 g/mol. The molecule has 0 saturated heterocycles. The highest BCUT2D eigenvalue weighted by atomic mass is 16.5. The maximum atomic E-state index is 13.6. The van der Waals surface area contributed by atoms with Crippen LogP contribution in [0.2, 0.25) is 0 Å². The van der Waals surface area contributed by atoms with Crippen molar-refractivity contribution < 1.29 is 19.0 Å². The molecule has 0 bridgehead atoms. The van der Waals surface area contributed by atoms with Crippen molar-refractivity contribution in [2.24, 2.45) is 0 Å². The first-order valence-electron chi connectivity index (χ1n) is 13.6. The van der Waals surface area contributed by atoms with Crippen LogP contribution in [0.1, 0.15) is 48.0 Å². The van der Waals surface area contributed by atoms with E-state index in [1.807, 2.05) is 46.8 Å². The topological polar surface area (TPSA) is 118 Å². The summed E-state index contributed by atoms with van der Waals surface area (Å²) in [5.41, 5.74) is 4.84. The van der Waals surface area contributed by atoms with Gasteiger partial charge in [0.2, 0.25) is 5.75 Å². The summed E-state index contributed by atoms with van der Waals surface area (Å²) in [4.78, 5) is 22.6. The Morgan fingerprint density at radius 3 is 2.24 bits per heavy atom. The molecule has 3 aromatic heterocycles. The maximum Gasteiger partial charge on any atom is 0.257 e. The van der Waals surface area contributed by atoms with Gasteiger partial charge in [-0.2, -0.15) is 14.9 Å². The molecule has 3 heterocycles. The molecule has 11 nitrogen and oxygen atoms in total. The van der Waals surface area contributed by atoms with Crippen molar-refractivity contribution in [3.05, 3.63) is 71.3 Å². The van der Waals surface area contributed by atoms with Gasteiger partial charge < -0.3 is 19.5 Å². The molecule has 5 rings (SSSR count). The van der Waals surface area contributed by atoms with Gasteiger partial charge in [-0.15, -0.1) is 0 Å². The molecular weight excluding hydrogens is 522 g/mol. The Hall–Kier alpha value is -4.93. The summed E-state index contributed by atoms with van der Waals surface area (Å²) in [6, 6.07) is 11.2. The van der Waals surface area contributed by atoms with Crippen molar-refractivity contribution in [1.29, 1.82) is 0 Å². The number of carbonyl (C=O) groups excluding carboxylic acids is 1. The highest BCUT2D eigenvalue weighted by Gasteiger charge is 2.22. The highest BCUT2D eigenvalue weighted by Crippen LogP contribution is 2.39. The Kier molecular flexibility index (Phi) is 7.86. The minimum absolute atomic E-state index is 0.348. The second-order valence-corrected chi connectivity index (χ2v) is 9.42. The number of nitrogens with zero attached hydrogens (tertiary/aromatic N) is 6. The minimum atomic E-state index is -0.368. The number of fused-ring (bicyclic) bond motifs is 1. The molecule has 5 aromatic rings. The van der Waals surface area contributed by atoms with Gasteiger partial charge in [-0.05, 0) is 65.3 Å². The van der Waals surface area contributed by atoms with E-state index in [1.165, 1.54) is 11.9 Å². The van der Waals surface area contributed by atoms with Crippen LogP contribution < -0.4 is 19.5 Å². The Labute approximate surface area is 238 Å². The van der Waals surface area contributed by atoms with Crippen LogP contribution in [0.25, 0.3) is 22.5 Å². The molecule has 0 aliphatic carbocycles. The number of ether oxygens (including phenoxy) is 3. The molecule has 0 aliphatic heterocycles. The van der Waals surface area contributed by atoms with Crippen molar-refractivity contribution in [1.82, 2.24) is 29.5 Å². The molecule has 0 atom stereocenters. The van der Waals surface area contributed by atoms with Gasteiger partial charge in [0.15, 0.2) is 23.0 Å². The quantitative estimate of drug-likeness (QED) is 0.244. The average molecular weight is 556 g/mol. The number of anilines is 1. The predicted octanol–water partition coefficient (Wildman–Crippen LogP) is 5.37. The molecule has 0 saturated carbocycles. The molecule has 0 unspecified atom stereocenters. The van der Waals surface area contributed by atoms with Crippen molar-refractivity contribution in [3.8, 4) is 28.8 Å². The summed E-state index contributed by atoms with van der Waals surface area (Å²) in [6.45, 7) is 12.8. The van der Waals surface area contributed by atoms with E-state index >= 15 is 0 Å². The van der Waals surface area contributed by atoms with Gasteiger partial charge in [0.05, 0.1) is 42.8 Å². The molecule has 0 radical (unpaired) electrons. The first-order chi connectivity index (χ1) is 19.8. The number of hydrogen-bond acceptors (Lipinski definition) is 8. The van der Waals surface area contributed by atoms with Gasteiger partial charge in [-0.3, -0.25) is 4.79 Å². The van der Waals surface area contributed by atoms with E-state index in [0.717, 1.165) is 11.3 Å². The number of amides is 1. The van der Waals surface area contributed by atoms with Gasteiger partial charge in [0.25, 0.3) is 5.91 Å². The fourth-order valence-electron chi connectivity index (χ4n) is 4.68. The van der Waals surface area contributed by atoms with E-state index < -0.39 is 0 Å². The minimum Gasteiger partial charge on any atom is -0.490 e. The third-order valence-electron chi connectivity index (χ3n) is 6.37. The Balaban J connectivity index is 1.53. The maximum absolute atomic E-state index is 13.6. The molecule has 0 spiro atoms. The lowest BCUT2D eigenvalue weighted by atomic mass is 10.1. The Morgan fingerprint density at radius 1 is 0.878 bits per heavy atom. The van der Waals surface area contributed by atoms with Gasteiger partial charge in [0, 0.05) is 11.6 Å². The number of aromatic nitrogens is 6. The Bertz CT molecular complexity index is 1700. The van der Waals surface area contributed by atoms with Crippen LogP contribution in [0.5, 0.6) is 17.2 Å². The van der Waals surface area contributed by atoms with E-state index in [0.29, 0.717) is 71.0 Å². The highest BCUT2D eigenvalue weighted by molar-refractivity contribution is 6.05. The number of benzene rings is 2. The summed E-state index contributed by atoms with van der Waals surface area (Å²) in [5, 5.41) is 12.9. The van der Waals surface area contributed by atoms with Crippen molar-refractivity contribution >= 4 is 22.8 Å². The molecule has 41 heavy (non-hydrogen) atoms. The van der Waals surface area contributed by atoms with E-state index in [-0.39, 0.29) is 5.91 Å². The van der Waals surface area contributed by atoms with Gasteiger partial charge in [-0.25, -0.2) is 14.6 Å². The largest absolute Gasteiger partial charge is 0.490 e. The normalized spacial score (nSPS) is 11.1. The van der Waals surface area contributed by atoms with Gasteiger partial charge in [-0.1, -0.05) is 17.7 Å². The second kappa shape index (κ2) is 11.7. The smallest absolute Gasteiger partial charge is 0.257 e. The summed E-state index contributed by atoms with van der Waals surface area (Å²) in [5.74, 6) is 1.91. The average Bonchev–Trinajstić information content (AvgIpc) is 3.53. The summed E-state index contributed by atoms with van der Waals surface area (Å²) in [6.07, 6.45) is 3.18. The number of nitrogens with one attached hydrogen (secondary N) is 1. The van der Waals surface area contributed by atoms with Gasteiger partial charge in [0.1, 0.15) is 12.1 Å². The number of hydrogen-bond donors (Lipinski definition) is 1. The molecule has 1 amide bonds. The number of rotatable bonds is 10. The third-order valence-corrected chi connectivity index (χ3v) is 6.37. The summed E-state index contributed by atoms with van der Waals surface area (Å²) >= 11 is 0. The zero-order chi connectivity index (χ0) is 29.1. The lowest BCUT2D eigenvalue weighted by molar-refractivity contribution is 0.102. The zero-order valence-electron chi connectivity index (χ0n) is 24.1. The standard InChI is InChI=1S/C30H33N7O4/c1-7-39-24-14-21(15-25(40-8-2)27(24)41-9-3)30(38)34-26-13-20(6)35-37(26)29-22-16-33-36(28(22)31-17-32-29)23-11-10-18(4)12-19(23)5/h10-17H,7-9H2,1-6H3,(H,34,38). The third kappa shape index (κ3) is 5.43. The fraction of sp³-hybridized carbons (Fsp3) is 0.300. The van der Waals surface area contributed by atoms with Crippen LogP contribution in [0, 0.1) is 20.8 Å². The lowest BCUT2D eigenvalue weighted by Crippen LogP contribution is -2.16. The molecular formula is C30H33N7O4. The molecule has 0 fully saturated rings. The van der Waals surface area contributed by atoms with Gasteiger partial charge >= 0.3 is 0 Å².